The van der Waals surface area contributed by atoms with E-state index in [0.717, 1.165) is 29.2 Å². The summed E-state index contributed by atoms with van der Waals surface area (Å²) in [6, 6.07) is 14.0. The van der Waals surface area contributed by atoms with Gasteiger partial charge in [0.25, 0.3) is 0 Å². The minimum atomic E-state index is -0.158. The predicted molar refractivity (Wildman–Crippen MR) is 108 cm³/mol. The zero-order valence-electron chi connectivity index (χ0n) is 15.9. The molecule has 1 aliphatic rings. The van der Waals surface area contributed by atoms with Gasteiger partial charge < -0.3 is 15.0 Å². The highest BCUT2D eigenvalue weighted by Crippen LogP contribution is 2.33. The van der Waals surface area contributed by atoms with Crippen molar-refractivity contribution in [1.82, 2.24) is 0 Å². The lowest BCUT2D eigenvalue weighted by Gasteiger charge is -2.27. The minimum absolute atomic E-state index is 0.127. The third-order valence-electron chi connectivity index (χ3n) is 4.53. The number of anilines is 2. The number of carbonyl (C=O) groups is 1. The van der Waals surface area contributed by atoms with E-state index in [1.807, 2.05) is 43.5 Å². The Kier molecular flexibility index (Phi) is 5.03. The summed E-state index contributed by atoms with van der Waals surface area (Å²) >= 11 is 0. The maximum Gasteiger partial charge on any atom is 0.248 e. The average molecular weight is 350 g/mol. The Balaban J connectivity index is 1.64. The zero-order valence-corrected chi connectivity index (χ0v) is 15.9. The van der Waals surface area contributed by atoms with Gasteiger partial charge in [-0.05, 0) is 34.8 Å². The number of hydrogen-bond acceptors (Lipinski definition) is 3. The topological polar surface area (TPSA) is 41.6 Å². The van der Waals surface area contributed by atoms with Gasteiger partial charge in [0.15, 0.2) is 0 Å². The van der Waals surface area contributed by atoms with Crippen LogP contribution in [0.15, 0.2) is 48.5 Å². The van der Waals surface area contributed by atoms with Gasteiger partial charge in [0.2, 0.25) is 5.91 Å². The molecule has 0 saturated heterocycles. The van der Waals surface area contributed by atoms with Gasteiger partial charge >= 0.3 is 0 Å². The average Bonchev–Trinajstić information content (AvgIpc) is 2.60. The minimum Gasteiger partial charge on any atom is -0.489 e. The summed E-state index contributed by atoms with van der Waals surface area (Å²) in [6.45, 7) is 8.09. The first-order chi connectivity index (χ1) is 12.3. The van der Waals surface area contributed by atoms with Crippen LogP contribution in [0.25, 0.3) is 6.08 Å². The van der Waals surface area contributed by atoms with Crippen LogP contribution in [-0.2, 0) is 10.2 Å². The summed E-state index contributed by atoms with van der Waals surface area (Å²) in [7, 11) is 2.03. The largest absolute Gasteiger partial charge is 0.489 e. The number of hydrogen-bond donors (Lipinski definition) is 1. The van der Waals surface area contributed by atoms with E-state index in [2.05, 4.69) is 43.1 Å². The molecule has 4 nitrogen and oxygen atoms in total. The van der Waals surface area contributed by atoms with Crippen molar-refractivity contribution >= 4 is 23.4 Å². The first kappa shape index (κ1) is 18.1. The van der Waals surface area contributed by atoms with Crippen LogP contribution in [0.3, 0.4) is 0 Å². The van der Waals surface area contributed by atoms with Crippen molar-refractivity contribution in [1.29, 1.82) is 0 Å². The summed E-state index contributed by atoms with van der Waals surface area (Å²) in [5, 5.41) is 2.89. The van der Waals surface area contributed by atoms with Gasteiger partial charge in [-0.15, -0.1) is 0 Å². The maximum atomic E-state index is 12.2. The Morgan fingerprint density at radius 1 is 1.15 bits per heavy atom. The number of ether oxygens (including phenoxy) is 1. The van der Waals surface area contributed by atoms with Crippen molar-refractivity contribution in [3.05, 3.63) is 59.7 Å². The summed E-state index contributed by atoms with van der Waals surface area (Å²) in [4.78, 5) is 14.3. The molecule has 0 aliphatic carbocycles. The fraction of sp³-hybridized carbons (Fsp3) is 0.318. The second-order valence-electron chi connectivity index (χ2n) is 7.65. The number of fused-ring (bicyclic) bond motifs is 1. The number of nitrogens with one attached hydrogen (secondary N) is 1. The number of benzene rings is 2. The van der Waals surface area contributed by atoms with Crippen molar-refractivity contribution in [2.24, 2.45) is 0 Å². The van der Waals surface area contributed by atoms with Gasteiger partial charge in [-0.2, -0.15) is 0 Å². The molecule has 0 aromatic heterocycles. The molecule has 0 bridgehead atoms. The molecular weight excluding hydrogens is 324 g/mol. The Morgan fingerprint density at radius 2 is 1.88 bits per heavy atom. The summed E-state index contributed by atoms with van der Waals surface area (Å²) < 4.78 is 5.67. The monoisotopic (exact) mass is 350 g/mol. The lowest BCUT2D eigenvalue weighted by Crippen LogP contribution is -2.28. The molecular formula is C22H26N2O2. The van der Waals surface area contributed by atoms with E-state index < -0.39 is 0 Å². The number of likely N-dealkylation sites (N-methyl/N-ethyl adjacent to an activating group) is 1. The van der Waals surface area contributed by atoms with Crippen molar-refractivity contribution in [3.63, 3.8) is 0 Å². The highest BCUT2D eigenvalue weighted by atomic mass is 16.5. The number of nitrogens with zero attached hydrogens (tertiary/aromatic N) is 1. The molecule has 3 rings (SSSR count). The molecule has 0 fully saturated rings. The molecule has 136 valence electrons. The smallest absolute Gasteiger partial charge is 0.248 e. The Labute approximate surface area is 155 Å². The zero-order chi connectivity index (χ0) is 18.7. The first-order valence-electron chi connectivity index (χ1n) is 8.90. The normalized spacial score (nSPS) is 14.1. The van der Waals surface area contributed by atoms with E-state index in [9.17, 15) is 4.79 Å². The predicted octanol–water partition coefficient (Wildman–Crippen LogP) is 4.46. The van der Waals surface area contributed by atoms with Gasteiger partial charge in [0, 0.05) is 24.9 Å². The highest BCUT2D eigenvalue weighted by Gasteiger charge is 2.15. The van der Waals surface area contributed by atoms with Crippen LogP contribution >= 0.6 is 0 Å². The molecule has 0 saturated carbocycles. The Hall–Kier alpha value is -2.75. The summed E-state index contributed by atoms with van der Waals surface area (Å²) in [5.74, 6) is 0.646. The van der Waals surface area contributed by atoms with Crippen LogP contribution in [0.4, 0.5) is 11.4 Å². The summed E-state index contributed by atoms with van der Waals surface area (Å²) in [6.07, 6.45) is 3.38. The van der Waals surface area contributed by atoms with E-state index >= 15 is 0 Å². The molecule has 2 aromatic rings. The van der Waals surface area contributed by atoms with Crippen LogP contribution < -0.4 is 15.0 Å². The molecule has 1 aliphatic heterocycles. The molecule has 0 spiro atoms. The molecule has 26 heavy (non-hydrogen) atoms. The van der Waals surface area contributed by atoms with Gasteiger partial charge in [0.05, 0.1) is 12.2 Å². The second-order valence-corrected chi connectivity index (χ2v) is 7.65. The SMILES string of the molecule is CN1CCOc2cc(NC(=O)/C=C/c3ccc(C(C)(C)C)cc3)ccc21. The highest BCUT2D eigenvalue weighted by molar-refractivity contribution is 6.02. The first-order valence-corrected chi connectivity index (χ1v) is 8.90. The van der Waals surface area contributed by atoms with Gasteiger partial charge in [-0.25, -0.2) is 0 Å². The molecule has 1 heterocycles. The Morgan fingerprint density at radius 3 is 2.58 bits per heavy atom. The molecule has 0 atom stereocenters. The van der Waals surface area contributed by atoms with Crippen LogP contribution in [-0.4, -0.2) is 26.1 Å². The van der Waals surface area contributed by atoms with Crippen LogP contribution in [0, 0.1) is 0 Å². The fourth-order valence-electron chi connectivity index (χ4n) is 2.89. The third kappa shape index (κ3) is 4.26. The lowest BCUT2D eigenvalue weighted by molar-refractivity contribution is -0.111. The van der Waals surface area contributed by atoms with Crippen molar-refractivity contribution in [3.8, 4) is 5.75 Å². The van der Waals surface area contributed by atoms with Crippen molar-refractivity contribution < 1.29 is 9.53 Å². The van der Waals surface area contributed by atoms with E-state index in [-0.39, 0.29) is 11.3 Å². The Bertz CT molecular complexity index is 817. The van der Waals surface area contributed by atoms with E-state index in [1.54, 1.807) is 6.08 Å². The van der Waals surface area contributed by atoms with Crippen LogP contribution in [0.2, 0.25) is 0 Å². The number of carbonyl (C=O) groups excluding carboxylic acids is 1. The maximum absolute atomic E-state index is 12.2. The molecule has 2 aromatic carbocycles. The lowest BCUT2D eigenvalue weighted by atomic mass is 9.87. The van der Waals surface area contributed by atoms with Gasteiger partial charge in [0.1, 0.15) is 12.4 Å². The number of rotatable bonds is 3. The second kappa shape index (κ2) is 7.24. The van der Waals surface area contributed by atoms with E-state index in [0.29, 0.717) is 6.61 Å². The van der Waals surface area contributed by atoms with Crippen LogP contribution in [0.5, 0.6) is 5.75 Å². The quantitative estimate of drug-likeness (QED) is 0.831. The van der Waals surface area contributed by atoms with E-state index in [4.69, 9.17) is 4.74 Å². The third-order valence-corrected chi connectivity index (χ3v) is 4.53. The standard InChI is InChI=1S/C22H26N2O2/c1-22(2,3)17-8-5-16(6-9-17)7-12-21(25)23-18-10-11-19-20(15-18)26-14-13-24(19)4/h5-12,15H,13-14H2,1-4H3,(H,23,25)/b12-7+. The molecule has 0 unspecified atom stereocenters. The summed E-state index contributed by atoms with van der Waals surface area (Å²) in [5.41, 5.74) is 4.18. The molecule has 4 heteroatoms. The van der Waals surface area contributed by atoms with Crippen LogP contribution in [0.1, 0.15) is 31.9 Å². The fourth-order valence-corrected chi connectivity index (χ4v) is 2.89. The van der Waals surface area contributed by atoms with Crippen molar-refractivity contribution in [2.45, 2.75) is 26.2 Å². The molecule has 1 amide bonds. The molecule has 1 N–H and O–H groups in total. The molecule has 0 radical (unpaired) electrons. The number of amides is 1. The van der Waals surface area contributed by atoms with Crippen molar-refractivity contribution in [2.75, 3.05) is 30.4 Å². The van der Waals surface area contributed by atoms with E-state index in [1.165, 1.54) is 5.56 Å². The van der Waals surface area contributed by atoms with Gasteiger partial charge in [-0.1, -0.05) is 45.0 Å². The van der Waals surface area contributed by atoms with Gasteiger partial charge in [-0.3, -0.25) is 4.79 Å².